The van der Waals surface area contributed by atoms with Gasteiger partial charge in [-0.15, -0.1) is 0 Å². The summed E-state index contributed by atoms with van der Waals surface area (Å²) in [4.78, 5) is 0. The summed E-state index contributed by atoms with van der Waals surface area (Å²) in [6.45, 7) is 0. The number of nitrogens with zero attached hydrogens (tertiary/aromatic N) is 2. The van der Waals surface area contributed by atoms with Crippen molar-refractivity contribution in [1.82, 2.24) is 4.57 Å². The maximum absolute atomic E-state index is 9.70. The van der Waals surface area contributed by atoms with E-state index in [0.29, 0.717) is 5.56 Å². The molecule has 1 fully saturated rings. The Bertz CT molecular complexity index is 1510. The molecule has 0 aliphatic carbocycles. The van der Waals surface area contributed by atoms with Gasteiger partial charge in [-0.2, -0.15) is 5.26 Å². The molecular formula is C32H26N2O. The van der Waals surface area contributed by atoms with Crippen LogP contribution in [-0.2, 0) is 23.0 Å². The van der Waals surface area contributed by atoms with E-state index in [4.69, 9.17) is 4.74 Å². The summed E-state index contributed by atoms with van der Waals surface area (Å²) in [6.07, 6.45) is 3.82. The molecule has 1 unspecified atom stereocenters. The quantitative estimate of drug-likeness (QED) is 0.292. The molecule has 0 bridgehead atoms. The van der Waals surface area contributed by atoms with Gasteiger partial charge in [-0.1, -0.05) is 91.0 Å². The van der Waals surface area contributed by atoms with E-state index >= 15 is 0 Å². The highest BCUT2D eigenvalue weighted by atomic mass is 16.5. The number of benzene rings is 4. The smallest absolute Gasteiger partial charge is 0.122 e. The Hall–Kier alpha value is -4.13. The van der Waals surface area contributed by atoms with Gasteiger partial charge in [0.05, 0.1) is 11.6 Å². The number of para-hydroxylation sites is 1. The molecule has 1 atom stereocenters. The Morgan fingerprint density at radius 1 is 0.714 bits per heavy atom. The third-order valence-electron chi connectivity index (χ3n) is 7.45. The molecule has 35 heavy (non-hydrogen) atoms. The van der Waals surface area contributed by atoms with Crippen LogP contribution in [0.2, 0.25) is 0 Å². The van der Waals surface area contributed by atoms with Gasteiger partial charge in [0, 0.05) is 29.7 Å². The number of hydrogen-bond acceptors (Lipinski definition) is 2. The van der Waals surface area contributed by atoms with Gasteiger partial charge in [0.15, 0.2) is 0 Å². The fourth-order valence-corrected chi connectivity index (χ4v) is 5.79. The first-order valence-electron chi connectivity index (χ1n) is 12.0. The summed E-state index contributed by atoms with van der Waals surface area (Å²) in [7, 11) is 2.09. The number of ether oxygens (including phenoxy) is 1. The van der Waals surface area contributed by atoms with Gasteiger partial charge in [-0.3, -0.25) is 0 Å². The van der Waals surface area contributed by atoms with Gasteiger partial charge in [0.2, 0.25) is 0 Å². The highest BCUT2D eigenvalue weighted by Gasteiger charge is 2.53. The van der Waals surface area contributed by atoms with Crippen molar-refractivity contribution in [2.75, 3.05) is 0 Å². The van der Waals surface area contributed by atoms with E-state index in [2.05, 4.69) is 103 Å². The lowest BCUT2D eigenvalue weighted by Crippen LogP contribution is -2.34. The number of rotatable bonds is 4. The lowest BCUT2D eigenvalue weighted by molar-refractivity contribution is -0.0674. The summed E-state index contributed by atoms with van der Waals surface area (Å²) < 4.78 is 9.65. The molecule has 5 aromatic rings. The molecule has 6 rings (SSSR count). The molecule has 0 amide bonds. The first-order chi connectivity index (χ1) is 17.2. The SMILES string of the molecule is Cn1cc(C2(c3cccc(C#N)c3)CCC(c3ccccc3)(c3ccccc3)O2)c2ccccc21. The normalized spacial score (nSPS) is 19.0. The third-order valence-corrected chi connectivity index (χ3v) is 7.45. The monoisotopic (exact) mass is 454 g/mol. The second-order valence-electron chi connectivity index (χ2n) is 9.35. The van der Waals surface area contributed by atoms with Crippen LogP contribution in [0.3, 0.4) is 0 Å². The van der Waals surface area contributed by atoms with E-state index in [1.807, 2.05) is 30.3 Å². The van der Waals surface area contributed by atoms with Crippen LogP contribution >= 0.6 is 0 Å². The summed E-state index contributed by atoms with van der Waals surface area (Å²) in [5, 5.41) is 10.9. The molecule has 3 heteroatoms. The Labute approximate surface area is 205 Å². The van der Waals surface area contributed by atoms with Crippen molar-refractivity contribution in [3.8, 4) is 6.07 Å². The summed E-state index contributed by atoms with van der Waals surface area (Å²) in [5.74, 6) is 0. The zero-order valence-corrected chi connectivity index (χ0v) is 19.7. The van der Waals surface area contributed by atoms with Gasteiger partial charge in [-0.25, -0.2) is 0 Å². The minimum absolute atomic E-state index is 0.609. The maximum atomic E-state index is 9.70. The Kier molecular flexibility index (Phi) is 5.06. The number of hydrogen-bond donors (Lipinski definition) is 0. The summed E-state index contributed by atoms with van der Waals surface area (Å²) >= 11 is 0. The molecule has 0 radical (unpaired) electrons. The first kappa shape index (κ1) is 21.4. The minimum Gasteiger partial charge on any atom is -0.350 e. The molecule has 4 aromatic carbocycles. The molecule has 2 heterocycles. The second-order valence-corrected chi connectivity index (χ2v) is 9.35. The van der Waals surface area contributed by atoms with Crippen molar-refractivity contribution in [3.05, 3.63) is 143 Å². The van der Waals surface area contributed by atoms with E-state index in [-0.39, 0.29) is 0 Å². The Morgan fingerprint density at radius 3 is 2.00 bits per heavy atom. The predicted octanol–water partition coefficient (Wildman–Crippen LogP) is 7.05. The molecular weight excluding hydrogens is 428 g/mol. The molecule has 1 saturated heterocycles. The van der Waals surface area contributed by atoms with E-state index in [0.717, 1.165) is 35.1 Å². The fourth-order valence-electron chi connectivity index (χ4n) is 5.79. The number of aryl methyl sites for hydroxylation is 1. The van der Waals surface area contributed by atoms with Crippen LogP contribution in [0.15, 0.2) is 115 Å². The third kappa shape index (κ3) is 3.30. The average molecular weight is 455 g/mol. The van der Waals surface area contributed by atoms with Crippen LogP contribution in [0.25, 0.3) is 10.9 Å². The number of fused-ring (bicyclic) bond motifs is 1. The average Bonchev–Trinajstić information content (AvgIpc) is 3.51. The highest BCUT2D eigenvalue weighted by Crippen LogP contribution is 2.57. The lowest BCUT2D eigenvalue weighted by Gasteiger charge is -2.37. The van der Waals surface area contributed by atoms with E-state index in [1.165, 1.54) is 10.9 Å². The van der Waals surface area contributed by atoms with Crippen molar-refractivity contribution in [2.45, 2.75) is 24.0 Å². The largest absolute Gasteiger partial charge is 0.350 e. The Morgan fingerprint density at radius 2 is 1.31 bits per heavy atom. The van der Waals surface area contributed by atoms with Crippen LogP contribution in [0, 0.1) is 11.3 Å². The molecule has 0 N–H and O–H groups in total. The molecule has 1 aliphatic rings. The maximum Gasteiger partial charge on any atom is 0.122 e. The highest BCUT2D eigenvalue weighted by molar-refractivity contribution is 5.85. The van der Waals surface area contributed by atoms with Gasteiger partial charge in [0.25, 0.3) is 0 Å². The van der Waals surface area contributed by atoms with Crippen molar-refractivity contribution in [3.63, 3.8) is 0 Å². The van der Waals surface area contributed by atoms with Crippen LogP contribution in [-0.4, -0.2) is 4.57 Å². The molecule has 1 aliphatic heterocycles. The molecule has 0 spiro atoms. The van der Waals surface area contributed by atoms with Gasteiger partial charge >= 0.3 is 0 Å². The topological polar surface area (TPSA) is 38.0 Å². The van der Waals surface area contributed by atoms with E-state index in [1.54, 1.807) is 0 Å². The van der Waals surface area contributed by atoms with Gasteiger partial charge < -0.3 is 9.30 Å². The molecule has 170 valence electrons. The van der Waals surface area contributed by atoms with Gasteiger partial charge in [-0.05, 0) is 47.7 Å². The molecule has 3 nitrogen and oxygen atoms in total. The lowest BCUT2D eigenvalue weighted by atomic mass is 9.80. The van der Waals surface area contributed by atoms with Crippen molar-refractivity contribution in [1.29, 1.82) is 5.26 Å². The van der Waals surface area contributed by atoms with Crippen LogP contribution in [0.1, 0.15) is 40.7 Å². The van der Waals surface area contributed by atoms with Gasteiger partial charge in [0.1, 0.15) is 11.2 Å². The standard InChI is InChI=1S/C32H26N2O/c1-34-23-29(28-17-8-9-18-30(28)34)32(27-16-10-11-24(21-27)22-33)20-19-31(35-32,25-12-4-2-5-13-25)26-14-6-3-7-15-26/h2-18,21,23H,19-20H2,1H3. The zero-order chi connectivity index (χ0) is 23.9. The van der Waals surface area contributed by atoms with Crippen LogP contribution in [0.4, 0.5) is 0 Å². The zero-order valence-electron chi connectivity index (χ0n) is 19.7. The Balaban J connectivity index is 1.64. The second kappa shape index (κ2) is 8.27. The van der Waals surface area contributed by atoms with Crippen molar-refractivity contribution >= 4 is 10.9 Å². The number of nitriles is 1. The first-order valence-corrected chi connectivity index (χ1v) is 12.0. The van der Waals surface area contributed by atoms with Crippen molar-refractivity contribution < 1.29 is 4.74 Å². The van der Waals surface area contributed by atoms with E-state index in [9.17, 15) is 5.26 Å². The van der Waals surface area contributed by atoms with Crippen LogP contribution < -0.4 is 0 Å². The van der Waals surface area contributed by atoms with Crippen molar-refractivity contribution in [2.24, 2.45) is 7.05 Å². The minimum atomic E-state index is -0.709. The predicted molar refractivity (Wildman–Crippen MR) is 139 cm³/mol. The molecule has 1 aromatic heterocycles. The summed E-state index contributed by atoms with van der Waals surface area (Å²) in [5.41, 5.74) is 4.93. The molecule has 0 saturated carbocycles. The number of aromatic nitrogens is 1. The fraction of sp³-hybridized carbons (Fsp3) is 0.156. The van der Waals surface area contributed by atoms with Crippen LogP contribution in [0.5, 0.6) is 0 Å². The van der Waals surface area contributed by atoms with E-state index < -0.39 is 11.2 Å². The summed E-state index contributed by atoms with van der Waals surface area (Å²) in [6, 6.07) is 39.8.